The van der Waals surface area contributed by atoms with Crippen LogP contribution in [0.2, 0.25) is 0 Å². The number of carbonyl (C=O) groups is 1. The van der Waals surface area contributed by atoms with Gasteiger partial charge >= 0.3 is 5.97 Å². The van der Waals surface area contributed by atoms with E-state index in [4.69, 9.17) is 15.9 Å². The van der Waals surface area contributed by atoms with E-state index in [1.165, 1.54) is 12.1 Å². The topological polar surface area (TPSA) is 104 Å². The van der Waals surface area contributed by atoms with Gasteiger partial charge in [0.2, 0.25) is 0 Å². The summed E-state index contributed by atoms with van der Waals surface area (Å²) in [6, 6.07) is 1.67. The van der Waals surface area contributed by atoms with Crippen molar-refractivity contribution in [1.82, 2.24) is 0 Å². The molecule has 0 saturated carbocycles. The zero-order valence-corrected chi connectivity index (χ0v) is 9.80. The Morgan fingerprint density at radius 3 is 2.47 bits per heavy atom. The third-order valence-corrected chi connectivity index (χ3v) is 2.90. The van der Waals surface area contributed by atoms with Crippen LogP contribution in [0.25, 0.3) is 0 Å². The van der Waals surface area contributed by atoms with Gasteiger partial charge in [0.1, 0.15) is 6.04 Å². The molecule has 0 aliphatic heterocycles. The quantitative estimate of drug-likeness (QED) is 0.483. The maximum absolute atomic E-state index is 10.5. The monoisotopic (exact) mass is 323 g/mol. The van der Waals surface area contributed by atoms with Crippen LogP contribution in [-0.4, -0.2) is 27.3 Å². The van der Waals surface area contributed by atoms with Crippen LogP contribution in [0.4, 0.5) is 0 Å². The van der Waals surface area contributed by atoms with Crippen molar-refractivity contribution in [2.45, 2.75) is 12.5 Å². The van der Waals surface area contributed by atoms with E-state index in [1.54, 1.807) is 0 Å². The van der Waals surface area contributed by atoms with Crippen LogP contribution in [0, 0.1) is 3.57 Å². The first-order valence-electron chi connectivity index (χ1n) is 4.10. The van der Waals surface area contributed by atoms with Crippen LogP contribution in [0.5, 0.6) is 11.5 Å². The summed E-state index contributed by atoms with van der Waals surface area (Å²) in [5.74, 6) is -1.60. The molecule has 6 heteroatoms. The Kier molecular flexibility index (Phi) is 3.75. The highest BCUT2D eigenvalue weighted by Crippen LogP contribution is 2.29. The van der Waals surface area contributed by atoms with Gasteiger partial charge in [-0.2, -0.15) is 0 Å². The molecule has 82 valence electrons. The average molecular weight is 323 g/mol. The van der Waals surface area contributed by atoms with E-state index in [1.807, 2.05) is 22.6 Å². The van der Waals surface area contributed by atoms with Gasteiger partial charge in [-0.3, -0.25) is 4.79 Å². The minimum Gasteiger partial charge on any atom is -0.504 e. The van der Waals surface area contributed by atoms with E-state index >= 15 is 0 Å². The van der Waals surface area contributed by atoms with Gasteiger partial charge in [0.15, 0.2) is 11.5 Å². The van der Waals surface area contributed by atoms with Crippen molar-refractivity contribution in [2.75, 3.05) is 0 Å². The van der Waals surface area contributed by atoms with Crippen LogP contribution in [0.15, 0.2) is 12.1 Å². The van der Waals surface area contributed by atoms with E-state index in [-0.39, 0.29) is 17.9 Å². The molecule has 0 fully saturated rings. The van der Waals surface area contributed by atoms with Crippen molar-refractivity contribution in [3.63, 3.8) is 0 Å². The lowest BCUT2D eigenvalue weighted by atomic mass is 10.1. The summed E-state index contributed by atoms with van der Waals surface area (Å²) in [5.41, 5.74) is 5.96. The first kappa shape index (κ1) is 12.1. The fourth-order valence-corrected chi connectivity index (χ4v) is 1.75. The van der Waals surface area contributed by atoms with Gasteiger partial charge in [-0.25, -0.2) is 0 Å². The lowest BCUT2D eigenvalue weighted by Gasteiger charge is -2.09. The minimum absolute atomic E-state index is 0.113. The molecule has 15 heavy (non-hydrogen) atoms. The predicted molar refractivity (Wildman–Crippen MR) is 61.8 cm³/mol. The second-order valence-corrected chi connectivity index (χ2v) is 4.24. The molecule has 0 aliphatic carbocycles. The second kappa shape index (κ2) is 4.67. The van der Waals surface area contributed by atoms with Crippen molar-refractivity contribution in [2.24, 2.45) is 5.73 Å². The lowest BCUT2D eigenvalue weighted by molar-refractivity contribution is -0.138. The molecule has 0 heterocycles. The Morgan fingerprint density at radius 2 is 1.93 bits per heavy atom. The van der Waals surface area contributed by atoms with Gasteiger partial charge in [-0.15, -0.1) is 0 Å². The zero-order chi connectivity index (χ0) is 11.6. The summed E-state index contributed by atoms with van der Waals surface area (Å²) in [5, 5.41) is 27.0. The summed E-state index contributed by atoms with van der Waals surface area (Å²) >= 11 is 1.94. The molecule has 0 saturated heterocycles. The van der Waals surface area contributed by atoms with Gasteiger partial charge in [0, 0.05) is 3.57 Å². The fourth-order valence-electron chi connectivity index (χ4n) is 1.08. The van der Waals surface area contributed by atoms with Crippen LogP contribution in [-0.2, 0) is 11.2 Å². The SMILES string of the molecule is N[C@H](Cc1cc(O)c(O)cc1I)C(=O)O. The number of aliphatic carboxylic acids is 1. The van der Waals surface area contributed by atoms with E-state index in [2.05, 4.69) is 0 Å². The van der Waals surface area contributed by atoms with Crippen molar-refractivity contribution >= 4 is 28.6 Å². The highest BCUT2D eigenvalue weighted by molar-refractivity contribution is 14.1. The number of carboxylic acids is 1. The third-order valence-electron chi connectivity index (χ3n) is 1.90. The smallest absolute Gasteiger partial charge is 0.320 e. The fraction of sp³-hybridized carbons (Fsp3) is 0.222. The Balaban J connectivity index is 2.95. The van der Waals surface area contributed by atoms with Gasteiger partial charge in [-0.05, 0) is 46.7 Å². The normalized spacial score (nSPS) is 12.4. The highest BCUT2D eigenvalue weighted by Gasteiger charge is 2.15. The number of hydrogen-bond acceptors (Lipinski definition) is 4. The Bertz CT molecular complexity index is 394. The maximum atomic E-state index is 10.5. The standard InChI is InChI=1S/C9H10INO4/c10-5-3-8(13)7(12)2-4(5)1-6(11)9(14)15/h2-3,6,12-13H,1,11H2,(H,14,15)/t6-/m1/s1. The first-order valence-corrected chi connectivity index (χ1v) is 5.18. The summed E-state index contributed by atoms with van der Waals surface area (Å²) in [7, 11) is 0. The van der Waals surface area contributed by atoms with Crippen molar-refractivity contribution in [3.8, 4) is 11.5 Å². The molecule has 0 aliphatic rings. The van der Waals surface area contributed by atoms with Gasteiger partial charge in [0.05, 0.1) is 0 Å². The molecule has 0 unspecified atom stereocenters. The third kappa shape index (κ3) is 2.96. The molecule has 0 amide bonds. The molecule has 5 nitrogen and oxygen atoms in total. The van der Waals surface area contributed by atoms with Crippen LogP contribution >= 0.6 is 22.6 Å². The minimum atomic E-state index is -1.10. The maximum Gasteiger partial charge on any atom is 0.320 e. The van der Waals surface area contributed by atoms with Gasteiger partial charge < -0.3 is 21.1 Å². The molecule has 1 atom stereocenters. The van der Waals surface area contributed by atoms with Crippen LogP contribution < -0.4 is 5.73 Å². The van der Waals surface area contributed by atoms with E-state index in [9.17, 15) is 9.90 Å². The zero-order valence-electron chi connectivity index (χ0n) is 7.64. The molecular weight excluding hydrogens is 313 g/mol. The molecule has 1 rings (SSSR count). The lowest BCUT2D eigenvalue weighted by Crippen LogP contribution is -2.32. The molecule has 0 bridgehead atoms. The van der Waals surface area contributed by atoms with Crippen molar-refractivity contribution < 1.29 is 20.1 Å². The number of phenolic OH excluding ortho intramolecular Hbond substituents is 2. The van der Waals surface area contributed by atoms with Gasteiger partial charge in [0.25, 0.3) is 0 Å². The highest BCUT2D eigenvalue weighted by atomic mass is 127. The Labute approximate surface area is 99.7 Å². The first-order chi connectivity index (χ1) is 6.91. The molecule has 1 aromatic rings. The summed E-state index contributed by atoms with van der Waals surface area (Å²) < 4.78 is 0.666. The molecular formula is C9H10INO4. The number of halogens is 1. The summed E-state index contributed by atoms with van der Waals surface area (Å²) in [6.45, 7) is 0. The predicted octanol–water partition coefficient (Wildman–Crippen LogP) is 0.657. The molecule has 5 N–H and O–H groups in total. The summed E-state index contributed by atoms with van der Waals surface area (Å²) in [6.07, 6.45) is 0.113. The van der Waals surface area contributed by atoms with E-state index in [0.717, 1.165) is 0 Å². The second-order valence-electron chi connectivity index (χ2n) is 3.08. The van der Waals surface area contributed by atoms with Gasteiger partial charge in [-0.1, -0.05) is 0 Å². The number of carboxylic acid groups (broad SMARTS) is 1. The molecule has 0 radical (unpaired) electrons. The van der Waals surface area contributed by atoms with Crippen molar-refractivity contribution in [1.29, 1.82) is 0 Å². The van der Waals surface area contributed by atoms with E-state index < -0.39 is 12.0 Å². The van der Waals surface area contributed by atoms with E-state index in [0.29, 0.717) is 9.13 Å². The largest absolute Gasteiger partial charge is 0.504 e. The number of benzene rings is 1. The number of nitrogens with two attached hydrogens (primary N) is 1. The Hall–Kier alpha value is -1.02. The molecule has 1 aromatic carbocycles. The average Bonchev–Trinajstić information content (AvgIpc) is 2.13. The molecule has 0 aromatic heterocycles. The number of rotatable bonds is 3. The van der Waals surface area contributed by atoms with Crippen molar-refractivity contribution in [3.05, 3.63) is 21.3 Å². The number of hydrogen-bond donors (Lipinski definition) is 4. The molecule has 0 spiro atoms. The number of aromatic hydroxyl groups is 2. The Morgan fingerprint density at radius 1 is 1.40 bits per heavy atom. The van der Waals surface area contributed by atoms with Crippen LogP contribution in [0.1, 0.15) is 5.56 Å². The number of phenols is 2. The summed E-state index contributed by atoms with van der Waals surface area (Å²) in [4.78, 5) is 10.5. The van der Waals surface area contributed by atoms with Crippen LogP contribution in [0.3, 0.4) is 0 Å².